The Morgan fingerprint density at radius 3 is 2.61 bits per heavy atom. The number of halogens is 1. The number of carbonyl (C=O) groups excluding carboxylic acids is 1. The van der Waals surface area contributed by atoms with Crippen LogP contribution in [-0.4, -0.2) is 30.3 Å². The van der Waals surface area contributed by atoms with E-state index in [9.17, 15) is 4.79 Å². The third kappa shape index (κ3) is 4.34. The van der Waals surface area contributed by atoms with Crippen molar-refractivity contribution in [3.8, 4) is 0 Å². The van der Waals surface area contributed by atoms with Crippen LogP contribution in [0.4, 0.5) is 0 Å². The summed E-state index contributed by atoms with van der Waals surface area (Å²) < 4.78 is 0. The number of hydrogen-bond acceptors (Lipinski definition) is 1. The first-order valence-corrected chi connectivity index (χ1v) is 7.13. The molecule has 1 aromatic rings. The zero-order chi connectivity index (χ0) is 13.4. The highest BCUT2D eigenvalue weighted by Gasteiger charge is 2.13. The lowest BCUT2D eigenvalue weighted by atomic mass is 10.0. The molecule has 0 N–H and O–H groups in total. The minimum absolute atomic E-state index is 0.123. The van der Waals surface area contributed by atoms with Crippen molar-refractivity contribution in [2.24, 2.45) is 0 Å². The van der Waals surface area contributed by atoms with E-state index in [2.05, 4.69) is 6.92 Å². The van der Waals surface area contributed by atoms with Crippen molar-refractivity contribution < 1.29 is 4.79 Å². The second kappa shape index (κ2) is 8.15. The lowest BCUT2D eigenvalue weighted by Crippen LogP contribution is -2.28. The van der Waals surface area contributed by atoms with Crippen LogP contribution in [0.15, 0.2) is 24.3 Å². The molecule has 3 heteroatoms. The van der Waals surface area contributed by atoms with E-state index in [1.165, 1.54) is 0 Å². The molecule has 18 heavy (non-hydrogen) atoms. The van der Waals surface area contributed by atoms with Gasteiger partial charge in [0.2, 0.25) is 0 Å². The third-order valence-electron chi connectivity index (χ3n) is 3.10. The van der Waals surface area contributed by atoms with Crippen LogP contribution in [0.1, 0.15) is 42.1 Å². The number of hydrogen-bond donors (Lipinski definition) is 0. The second-order valence-electron chi connectivity index (χ2n) is 4.49. The minimum Gasteiger partial charge on any atom is -0.342 e. The third-order valence-corrected chi connectivity index (χ3v) is 3.37. The largest absolute Gasteiger partial charge is 0.342 e. The number of aryl methyl sites for hydroxylation is 1. The van der Waals surface area contributed by atoms with Crippen molar-refractivity contribution >= 4 is 17.5 Å². The SMILES string of the molecule is CCc1ccccc1C(=O)N(C)CCCCCCl. The summed E-state index contributed by atoms with van der Waals surface area (Å²) in [5, 5.41) is 0. The maximum Gasteiger partial charge on any atom is 0.253 e. The van der Waals surface area contributed by atoms with E-state index in [0.717, 1.165) is 43.4 Å². The predicted molar refractivity (Wildman–Crippen MR) is 77.4 cm³/mol. The average molecular weight is 268 g/mol. The number of nitrogens with zero attached hydrogens (tertiary/aromatic N) is 1. The summed E-state index contributed by atoms with van der Waals surface area (Å²) in [6.45, 7) is 2.88. The van der Waals surface area contributed by atoms with Crippen molar-refractivity contribution in [2.45, 2.75) is 32.6 Å². The van der Waals surface area contributed by atoms with Gasteiger partial charge >= 0.3 is 0 Å². The summed E-state index contributed by atoms with van der Waals surface area (Å²) in [6, 6.07) is 7.84. The van der Waals surface area contributed by atoms with Crippen molar-refractivity contribution in [2.75, 3.05) is 19.5 Å². The smallest absolute Gasteiger partial charge is 0.253 e. The number of rotatable bonds is 7. The molecule has 0 aliphatic carbocycles. The first-order chi connectivity index (χ1) is 8.70. The highest BCUT2D eigenvalue weighted by Crippen LogP contribution is 2.12. The van der Waals surface area contributed by atoms with E-state index < -0.39 is 0 Å². The molecule has 0 unspecified atom stereocenters. The molecule has 0 saturated carbocycles. The number of unbranched alkanes of at least 4 members (excludes halogenated alkanes) is 2. The first kappa shape index (κ1) is 15.0. The lowest BCUT2D eigenvalue weighted by Gasteiger charge is -2.18. The predicted octanol–water partition coefficient (Wildman–Crippen LogP) is 3.73. The van der Waals surface area contributed by atoms with Gasteiger partial charge in [-0.05, 0) is 30.9 Å². The van der Waals surface area contributed by atoms with E-state index >= 15 is 0 Å². The van der Waals surface area contributed by atoms with Gasteiger partial charge in [0.1, 0.15) is 0 Å². The monoisotopic (exact) mass is 267 g/mol. The molecule has 2 nitrogen and oxygen atoms in total. The van der Waals surface area contributed by atoms with Crippen LogP contribution in [-0.2, 0) is 6.42 Å². The van der Waals surface area contributed by atoms with Crippen LogP contribution in [0.2, 0.25) is 0 Å². The molecule has 0 fully saturated rings. The van der Waals surface area contributed by atoms with Crippen molar-refractivity contribution in [1.29, 1.82) is 0 Å². The van der Waals surface area contributed by atoms with Crippen LogP contribution in [0.3, 0.4) is 0 Å². The van der Waals surface area contributed by atoms with Gasteiger partial charge in [0, 0.05) is 25.0 Å². The normalized spacial score (nSPS) is 10.4. The Hall–Kier alpha value is -1.02. The number of alkyl halides is 1. The second-order valence-corrected chi connectivity index (χ2v) is 4.87. The molecule has 0 aliphatic heterocycles. The van der Waals surface area contributed by atoms with Crippen LogP contribution < -0.4 is 0 Å². The summed E-state index contributed by atoms with van der Waals surface area (Å²) in [7, 11) is 1.87. The quantitative estimate of drug-likeness (QED) is 0.545. The van der Waals surface area contributed by atoms with Crippen LogP contribution in [0.5, 0.6) is 0 Å². The van der Waals surface area contributed by atoms with Gasteiger partial charge in [-0.1, -0.05) is 31.5 Å². The molecule has 0 radical (unpaired) electrons. The van der Waals surface area contributed by atoms with Gasteiger partial charge in [0.05, 0.1) is 0 Å². The molecular formula is C15H22ClNO. The van der Waals surface area contributed by atoms with Gasteiger partial charge in [0.15, 0.2) is 0 Å². The van der Waals surface area contributed by atoms with Crippen LogP contribution >= 0.6 is 11.6 Å². The Morgan fingerprint density at radius 2 is 1.94 bits per heavy atom. The summed E-state index contributed by atoms with van der Waals surface area (Å²) in [5.41, 5.74) is 1.95. The molecule has 0 saturated heterocycles. The summed E-state index contributed by atoms with van der Waals surface area (Å²) in [4.78, 5) is 14.1. The Labute approximate surface area is 115 Å². The van der Waals surface area contributed by atoms with Gasteiger partial charge in [0.25, 0.3) is 5.91 Å². The molecule has 1 amide bonds. The molecule has 0 aliphatic rings. The fourth-order valence-corrected chi connectivity index (χ4v) is 2.15. The van der Waals surface area contributed by atoms with Crippen LogP contribution in [0, 0.1) is 0 Å². The molecule has 0 bridgehead atoms. The molecule has 0 spiro atoms. The highest BCUT2D eigenvalue weighted by atomic mass is 35.5. The van der Waals surface area contributed by atoms with Gasteiger partial charge in [-0.25, -0.2) is 0 Å². The molecule has 100 valence electrons. The zero-order valence-corrected chi connectivity index (χ0v) is 12.0. The topological polar surface area (TPSA) is 20.3 Å². The fourth-order valence-electron chi connectivity index (χ4n) is 1.96. The van der Waals surface area contributed by atoms with Crippen molar-refractivity contribution in [1.82, 2.24) is 4.90 Å². The fraction of sp³-hybridized carbons (Fsp3) is 0.533. The van der Waals surface area contributed by atoms with Gasteiger partial charge < -0.3 is 4.90 Å². The molecular weight excluding hydrogens is 246 g/mol. The molecule has 0 atom stereocenters. The van der Waals surface area contributed by atoms with E-state index in [1.807, 2.05) is 36.2 Å². The maximum absolute atomic E-state index is 12.3. The van der Waals surface area contributed by atoms with E-state index in [0.29, 0.717) is 5.88 Å². The van der Waals surface area contributed by atoms with Crippen LogP contribution in [0.25, 0.3) is 0 Å². The summed E-state index contributed by atoms with van der Waals surface area (Å²) in [5.74, 6) is 0.828. The van der Waals surface area contributed by atoms with E-state index in [4.69, 9.17) is 11.6 Å². The molecule has 1 rings (SSSR count). The van der Waals surface area contributed by atoms with Crippen molar-refractivity contribution in [3.63, 3.8) is 0 Å². The average Bonchev–Trinajstić information content (AvgIpc) is 2.42. The highest BCUT2D eigenvalue weighted by molar-refractivity contribution is 6.17. The Balaban J connectivity index is 2.57. The summed E-state index contributed by atoms with van der Waals surface area (Å²) >= 11 is 5.63. The van der Waals surface area contributed by atoms with E-state index in [1.54, 1.807) is 0 Å². The Kier molecular flexibility index (Phi) is 6.81. The first-order valence-electron chi connectivity index (χ1n) is 6.60. The summed E-state index contributed by atoms with van der Waals surface area (Å²) in [6.07, 6.45) is 4.01. The Bertz CT molecular complexity index is 379. The molecule has 0 aromatic heterocycles. The van der Waals surface area contributed by atoms with Gasteiger partial charge in [-0.3, -0.25) is 4.79 Å². The lowest BCUT2D eigenvalue weighted by molar-refractivity contribution is 0.0791. The molecule has 1 aromatic carbocycles. The number of benzene rings is 1. The van der Waals surface area contributed by atoms with Gasteiger partial charge in [-0.15, -0.1) is 11.6 Å². The Morgan fingerprint density at radius 1 is 1.22 bits per heavy atom. The number of amides is 1. The van der Waals surface area contributed by atoms with Gasteiger partial charge in [-0.2, -0.15) is 0 Å². The number of carbonyl (C=O) groups is 1. The van der Waals surface area contributed by atoms with Crippen molar-refractivity contribution in [3.05, 3.63) is 35.4 Å². The standard InChI is InChI=1S/C15H22ClNO/c1-3-13-9-5-6-10-14(13)15(18)17(2)12-8-4-7-11-16/h5-6,9-10H,3-4,7-8,11-12H2,1-2H3. The van der Waals surface area contributed by atoms with E-state index in [-0.39, 0.29) is 5.91 Å². The maximum atomic E-state index is 12.3. The zero-order valence-electron chi connectivity index (χ0n) is 11.3. The minimum atomic E-state index is 0.123. The molecule has 0 heterocycles.